The van der Waals surface area contributed by atoms with E-state index in [2.05, 4.69) is 0 Å². The van der Waals surface area contributed by atoms with E-state index in [1.807, 2.05) is 0 Å². The average Bonchev–Trinajstić information content (AvgIpc) is 0.835. The third-order valence-corrected chi connectivity index (χ3v) is 20.3. The van der Waals surface area contributed by atoms with Crippen LogP contribution < -0.4 is 0 Å². The Balaban J connectivity index is 1.03. The van der Waals surface area contributed by atoms with Crippen LogP contribution in [0.4, 0.5) is 0 Å². The zero-order valence-electron chi connectivity index (χ0n) is 59.8. The van der Waals surface area contributed by atoms with Gasteiger partial charge in [0.05, 0.1) is 62.7 Å². The predicted octanol–water partition coefficient (Wildman–Crippen LogP) is 3.43. The third kappa shape index (κ3) is 32.2. The van der Waals surface area contributed by atoms with Crippen LogP contribution in [0.5, 0.6) is 0 Å². The van der Waals surface area contributed by atoms with E-state index in [9.17, 15) is 91.3 Å². The summed E-state index contributed by atoms with van der Waals surface area (Å²) < 4.78 is 59.0. The van der Waals surface area contributed by atoms with Gasteiger partial charge in [0.1, 0.15) is 111 Å². The van der Waals surface area contributed by atoms with Gasteiger partial charge >= 0.3 is 11.9 Å². The van der Waals surface area contributed by atoms with Crippen molar-refractivity contribution in [3.8, 4) is 0 Å². The van der Waals surface area contributed by atoms with Crippen molar-refractivity contribution in [2.75, 3.05) is 26.4 Å². The zero-order valence-corrected chi connectivity index (χ0v) is 59.8. The van der Waals surface area contributed by atoms with Gasteiger partial charge in [0, 0.05) is 0 Å². The first kappa shape index (κ1) is 88.6. The van der Waals surface area contributed by atoms with E-state index >= 15 is 0 Å². The second-order valence-electron chi connectivity index (χ2n) is 29.1. The number of ether oxygens (including phenoxy) is 10. The number of esters is 2. The molecule has 0 saturated carbocycles. The Kier molecular flexibility index (Phi) is 44.1. The highest BCUT2D eigenvalue weighted by Gasteiger charge is 2.49. The van der Waals surface area contributed by atoms with Crippen molar-refractivity contribution in [2.24, 2.45) is 0 Å². The molecular weight excluding hydrogens is 1310 g/mol. The molecule has 0 aromatic carbocycles. The summed E-state index contributed by atoms with van der Waals surface area (Å²) in [5, 5.41) is 167. The second kappa shape index (κ2) is 49.8. The van der Waals surface area contributed by atoms with E-state index in [4.69, 9.17) is 47.4 Å². The molecule has 5 fully saturated rings. The van der Waals surface area contributed by atoms with Gasteiger partial charge in [-0.05, 0) is 65.2 Å². The summed E-state index contributed by atoms with van der Waals surface area (Å²) in [4.78, 5) is 27.1. The van der Waals surface area contributed by atoms with E-state index in [0.717, 1.165) is 173 Å². The fourth-order valence-electron chi connectivity index (χ4n) is 13.9. The fraction of sp³-hybridized carbons (Fsp3) is 0.972. The van der Waals surface area contributed by atoms with Crippen molar-refractivity contribution in [3.05, 3.63) is 0 Å². The van der Waals surface area contributed by atoms with E-state index in [1.165, 1.54) is 0 Å². The number of unbranched alkanes of at least 4 members (excludes halogenated alkanes) is 24. The lowest BCUT2D eigenvalue weighted by Crippen LogP contribution is -2.60. The van der Waals surface area contributed by atoms with Gasteiger partial charge in [-0.2, -0.15) is 0 Å². The van der Waals surface area contributed by atoms with Crippen molar-refractivity contribution in [3.63, 3.8) is 0 Å². The third-order valence-electron chi connectivity index (χ3n) is 20.3. The second-order valence-corrected chi connectivity index (χ2v) is 29.1. The molecule has 0 aromatic rings. The van der Waals surface area contributed by atoms with Gasteiger partial charge in [-0.3, -0.25) is 9.59 Å². The van der Waals surface area contributed by atoms with Crippen LogP contribution in [0, 0.1) is 0 Å². The minimum atomic E-state index is -1.77. The van der Waals surface area contributed by atoms with E-state index in [1.54, 1.807) is 13.8 Å². The Morgan fingerprint density at radius 2 is 0.600 bits per heavy atom. The molecule has 5 heterocycles. The quantitative estimate of drug-likeness (QED) is 0.0307. The first-order chi connectivity index (χ1) is 48.0. The van der Waals surface area contributed by atoms with Gasteiger partial charge in [-0.15, -0.1) is 0 Å². The SMILES string of the molecule is CC(O)CCCCCCCC(CCCCCCCCCCCC1CC(=O)OC[C@@H]2O[C@H](OC(CCCCCCCCCCCCCC(CCCCCC(C)O)O[C@@H]3O[C@H](CO)[C@@H](O)[C@H](O)[C@H]3O)CC(=O)OC[C@H]3O[C@@H](O1)[C@H](O)[C@@H](O)[C@@H]3O)[C@@H](O)[C@H](O)[C@H]2O)O[C@@H]1O[C@H](CO)[C@@H](O)[C@H](O)[C@H]1O. The molecule has 588 valence electrons. The minimum Gasteiger partial charge on any atom is -0.463 e. The molecule has 0 aromatic heterocycles. The van der Waals surface area contributed by atoms with Crippen LogP contribution in [0.1, 0.15) is 258 Å². The summed E-state index contributed by atoms with van der Waals surface area (Å²) in [5.41, 5.74) is 0. The Morgan fingerprint density at radius 3 is 0.900 bits per heavy atom. The summed E-state index contributed by atoms with van der Waals surface area (Å²) in [5.74, 6) is -1.56. The molecule has 6 unspecified atom stereocenters. The number of fused-ring (bicyclic) bond motifs is 4. The van der Waals surface area contributed by atoms with E-state index in [-0.39, 0.29) is 37.3 Å². The Morgan fingerprint density at radius 1 is 0.330 bits per heavy atom. The van der Waals surface area contributed by atoms with Crippen LogP contribution in [-0.2, 0) is 57.0 Å². The average molecular weight is 1450 g/mol. The van der Waals surface area contributed by atoms with Crippen LogP contribution in [0.3, 0.4) is 0 Å². The molecule has 100 heavy (non-hydrogen) atoms. The maximum atomic E-state index is 13.6. The maximum absolute atomic E-state index is 13.6. The molecule has 28 nitrogen and oxygen atoms in total. The van der Waals surface area contributed by atoms with Gasteiger partial charge in [0.25, 0.3) is 0 Å². The number of aliphatic hydroxyl groups excluding tert-OH is 16. The summed E-state index contributed by atoms with van der Waals surface area (Å²) in [7, 11) is 0. The summed E-state index contributed by atoms with van der Waals surface area (Å²) in [6.45, 7) is 1.36. The molecule has 0 spiro atoms. The number of carbonyl (C=O) groups excluding carboxylic acids is 2. The van der Waals surface area contributed by atoms with Gasteiger partial charge in [-0.25, -0.2) is 0 Å². The number of hydrogen-bond acceptors (Lipinski definition) is 28. The summed E-state index contributed by atoms with van der Waals surface area (Å²) in [6, 6.07) is 0. The largest absolute Gasteiger partial charge is 0.463 e. The summed E-state index contributed by atoms with van der Waals surface area (Å²) in [6.07, 6.45) is -2.97. The minimum absolute atomic E-state index is 0.265. The normalized spacial score (nSPS) is 34.7. The molecule has 5 rings (SSSR count). The molecule has 5 saturated heterocycles. The Labute approximate surface area is 592 Å². The molecule has 5 aliphatic heterocycles. The van der Waals surface area contributed by atoms with E-state index in [0.29, 0.717) is 57.8 Å². The van der Waals surface area contributed by atoms with Gasteiger partial charge in [-0.1, -0.05) is 180 Å². The molecular formula is C72H132O28. The predicted molar refractivity (Wildman–Crippen MR) is 361 cm³/mol. The van der Waals surface area contributed by atoms with Gasteiger partial charge in [0.15, 0.2) is 25.2 Å². The summed E-state index contributed by atoms with van der Waals surface area (Å²) >= 11 is 0. The highest BCUT2D eigenvalue weighted by atomic mass is 16.7. The topological polar surface area (TPSA) is 450 Å². The fourth-order valence-corrected chi connectivity index (χ4v) is 13.9. The van der Waals surface area contributed by atoms with Gasteiger partial charge < -0.3 is 129 Å². The lowest BCUT2D eigenvalue weighted by atomic mass is 9.98. The lowest BCUT2D eigenvalue weighted by molar-refractivity contribution is -0.316. The molecule has 0 radical (unpaired) electrons. The number of hydrogen-bond donors (Lipinski definition) is 16. The van der Waals surface area contributed by atoms with Crippen molar-refractivity contribution in [1.29, 1.82) is 0 Å². The lowest BCUT2D eigenvalue weighted by Gasteiger charge is -2.42. The molecule has 26 atom stereocenters. The Bertz CT molecular complexity index is 2100. The molecule has 28 heteroatoms. The molecule has 16 N–H and O–H groups in total. The smallest absolute Gasteiger partial charge is 0.308 e. The molecule has 0 aliphatic carbocycles. The van der Waals surface area contributed by atoms with E-state index < -0.39 is 173 Å². The highest BCUT2D eigenvalue weighted by Crippen LogP contribution is 2.32. The van der Waals surface area contributed by atoms with Gasteiger partial charge in [0.2, 0.25) is 0 Å². The van der Waals surface area contributed by atoms with Crippen molar-refractivity contribution >= 4 is 11.9 Å². The zero-order chi connectivity index (χ0) is 72.9. The van der Waals surface area contributed by atoms with Crippen LogP contribution in [-0.4, -0.2) is 280 Å². The van der Waals surface area contributed by atoms with Crippen LogP contribution in [0.15, 0.2) is 0 Å². The van der Waals surface area contributed by atoms with Crippen LogP contribution >= 0.6 is 0 Å². The van der Waals surface area contributed by atoms with Crippen LogP contribution in [0.2, 0.25) is 0 Å². The molecule has 4 bridgehead atoms. The number of cyclic esters (lactones) is 2. The van der Waals surface area contributed by atoms with Crippen molar-refractivity contribution in [1.82, 2.24) is 0 Å². The molecule has 0 amide bonds. The highest BCUT2D eigenvalue weighted by molar-refractivity contribution is 5.70. The first-order valence-electron chi connectivity index (χ1n) is 38.3. The number of carbonyl (C=O) groups is 2. The standard InChI is InChI=1S/C72H132O28/c1-45(75)31-23-16-15-21-27-35-47(93-69-65(87)61(83)57(79)51(41-73)97-69)33-25-18-12-9-6-10-14-20-29-38-50-40-56(78)92-44-53-59(81)63(85)67(89)71(99-53)95-49(39-55(77)91-43-54-60(82)64(86)68(90)72(96-50)100-54)37-28-19-13-8-5-3-4-7-11-17-26-34-48(36-30-22-24-32-46(2)76)94-70-66(88)62(84)58(80)52(42-74)98-70/h45-54,57-76,79-90H,3-44H2,1-2H3/t45?,46?,47?,48?,49?,50?,51-,52-,53+,54-,57-,58-,59+,60-,61+,62+,63-,64+,65-,66-,67+,68-,69-,70-,71+,72-/m1/s1. The first-order valence-corrected chi connectivity index (χ1v) is 38.3. The molecule has 5 aliphatic rings. The monoisotopic (exact) mass is 1440 g/mol. The Hall–Kier alpha value is -2.02. The van der Waals surface area contributed by atoms with Crippen molar-refractivity contribution < 1.29 is 139 Å². The maximum Gasteiger partial charge on any atom is 0.308 e. The van der Waals surface area contributed by atoms with Crippen LogP contribution in [0.25, 0.3) is 0 Å². The number of rotatable bonds is 46. The van der Waals surface area contributed by atoms with Crippen molar-refractivity contribution in [2.45, 2.75) is 417 Å². The number of aliphatic hydroxyl groups is 16.